The van der Waals surface area contributed by atoms with E-state index in [4.69, 9.17) is 5.14 Å². The Morgan fingerprint density at radius 3 is 2.86 bits per heavy atom. The fraction of sp³-hybridized carbons (Fsp3) is 0.188. The number of nitrogens with two attached hydrogens (primary N) is 1. The van der Waals surface area contributed by atoms with Crippen molar-refractivity contribution in [2.75, 3.05) is 7.11 Å². The smallest absolute Gasteiger partial charge is 0.407 e. The zero-order chi connectivity index (χ0) is 20.4. The average Bonchev–Trinajstić information content (AvgIpc) is 3.27. The number of carbonyl (C=O) groups excluding carboxylic acids is 1. The Bertz CT molecular complexity index is 1070. The first-order valence-corrected chi connectivity index (χ1v) is 10.6. The van der Waals surface area contributed by atoms with Crippen LogP contribution >= 0.6 is 22.7 Å². The number of phenolic OH excluding ortho intramolecular Hbond substituents is 1. The maximum Gasteiger partial charge on any atom is 0.407 e. The van der Waals surface area contributed by atoms with Crippen LogP contribution < -0.4 is 10.5 Å². The van der Waals surface area contributed by atoms with Gasteiger partial charge in [-0.15, -0.1) is 22.7 Å². The van der Waals surface area contributed by atoms with Gasteiger partial charge in [0, 0.05) is 10.9 Å². The van der Waals surface area contributed by atoms with Gasteiger partial charge in [0.1, 0.15) is 32.6 Å². The maximum absolute atomic E-state index is 14.4. The lowest BCUT2D eigenvalue weighted by molar-refractivity contribution is 0.170. The number of hydrogen-bond donors (Lipinski definition) is 3. The fourth-order valence-corrected chi connectivity index (χ4v) is 4.71. The fourth-order valence-electron chi connectivity index (χ4n) is 2.36. The standard InChI is InChI=1S/C16H15FN4O4S3/c1-7-14(27-13(20-7)5-19-16(23)25-2)10-6-26-15(21-10)8-3-11(22)12(28(18)24)4-9(8)17/h3-4,6,22H,5,18H2,1-2H3,(H,19,23). The number of amides is 1. The van der Waals surface area contributed by atoms with Crippen LogP contribution in [0.3, 0.4) is 0 Å². The van der Waals surface area contributed by atoms with Crippen molar-refractivity contribution in [1.82, 2.24) is 15.3 Å². The van der Waals surface area contributed by atoms with Crippen molar-refractivity contribution in [1.29, 1.82) is 0 Å². The number of nitrogens with one attached hydrogen (secondary N) is 1. The molecule has 0 saturated heterocycles. The van der Waals surface area contributed by atoms with E-state index in [0.29, 0.717) is 15.7 Å². The summed E-state index contributed by atoms with van der Waals surface area (Å²) in [5, 5.41) is 20.5. The maximum atomic E-state index is 14.4. The number of hydrogen-bond acceptors (Lipinski definition) is 8. The summed E-state index contributed by atoms with van der Waals surface area (Å²) in [6.45, 7) is 2.03. The minimum absolute atomic E-state index is 0.0812. The minimum atomic E-state index is -2.00. The molecule has 4 N–H and O–H groups in total. The van der Waals surface area contributed by atoms with Crippen LogP contribution in [-0.2, 0) is 22.3 Å². The Hall–Kier alpha value is -2.41. The summed E-state index contributed by atoms with van der Waals surface area (Å²) in [6, 6.07) is 2.10. The van der Waals surface area contributed by atoms with Crippen LogP contribution in [0.25, 0.3) is 21.1 Å². The van der Waals surface area contributed by atoms with Crippen LogP contribution in [0.4, 0.5) is 9.18 Å². The molecule has 1 amide bonds. The van der Waals surface area contributed by atoms with Crippen molar-refractivity contribution < 1.29 is 23.2 Å². The van der Waals surface area contributed by atoms with E-state index >= 15 is 0 Å². The van der Waals surface area contributed by atoms with Crippen LogP contribution in [0.2, 0.25) is 0 Å². The van der Waals surface area contributed by atoms with E-state index in [0.717, 1.165) is 22.7 Å². The number of methoxy groups -OCH3 is 1. The van der Waals surface area contributed by atoms with E-state index in [9.17, 15) is 18.5 Å². The summed E-state index contributed by atoms with van der Waals surface area (Å²) in [5.41, 5.74) is 1.41. The summed E-state index contributed by atoms with van der Waals surface area (Å²) in [4.78, 5) is 20.6. The molecule has 1 unspecified atom stereocenters. The van der Waals surface area contributed by atoms with E-state index in [1.54, 1.807) is 5.38 Å². The van der Waals surface area contributed by atoms with Crippen LogP contribution in [0, 0.1) is 12.7 Å². The number of aryl methyl sites for hydroxylation is 1. The third kappa shape index (κ3) is 4.19. The van der Waals surface area contributed by atoms with Crippen molar-refractivity contribution in [2.24, 2.45) is 5.14 Å². The summed E-state index contributed by atoms with van der Waals surface area (Å²) in [6.07, 6.45) is -0.553. The van der Waals surface area contributed by atoms with Crippen LogP contribution in [0.1, 0.15) is 10.7 Å². The number of phenols is 1. The van der Waals surface area contributed by atoms with Gasteiger partial charge in [0.25, 0.3) is 0 Å². The van der Waals surface area contributed by atoms with Gasteiger partial charge in [0.2, 0.25) is 0 Å². The van der Waals surface area contributed by atoms with Gasteiger partial charge in [0.05, 0.1) is 34.8 Å². The summed E-state index contributed by atoms with van der Waals surface area (Å²) >= 11 is 2.54. The third-order valence-electron chi connectivity index (χ3n) is 3.64. The number of ether oxygens (including phenoxy) is 1. The van der Waals surface area contributed by atoms with Crippen LogP contribution in [0.5, 0.6) is 5.75 Å². The van der Waals surface area contributed by atoms with E-state index < -0.39 is 22.9 Å². The molecule has 2 aromatic heterocycles. The molecule has 1 aromatic carbocycles. The summed E-state index contributed by atoms with van der Waals surface area (Å²) < 4.78 is 30.2. The molecule has 0 aliphatic carbocycles. The number of carbonyl (C=O) groups is 1. The molecule has 0 aliphatic heterocycles. The molecule has 0 aliphatic rings. The highest BCUT2D eigenvalue weighted by molar-refractivity contribution is 7.82. The molecule has 0 fully saturated rings. The average molecular weight is 443 g/mol. The van der Waals surface area contributed by atoms with Gasteiger partial charge >= 0.3 is 6.09 Å². The molecule has 0 saturated carbocycles. The van der Waals surface area contributed by atoms with E-state index in [2.05, 4.69) is 20.0 Å². The second kappa shape index (κ2) is 8.31. The van der Waals surface area contributed by atoms with Gasteiger partial charge in [-0.1, -0.05) is 0 Å². The number of alkyl carbamates (subject to hydrolysis) is 1. The first kappa shape index (κ1) is 20.3. The molecule has 28 heavy (non-hydrogen) atoms. The largest absolute Gasteiger partial charge is 0.507 e. The van der Waals surface area contributed by atoms with Crippen LogP contribution in [0.15, 0.2) is 22.4 Å². The number of rotatable bonds is 5. The van der Waals surface area contributed by atoms with Gasteiger partial charge in [-0.05, 0) is 19.1 Å². The van der Waals surface area contributed by atoms with E-state index in [-0.39, 0.29) is 22.8 Å². The van der Waals surface area contributed by atoms with Gasteiger partial charge < -0.3 is 15.2 Å². The minimum Gasteiger partial charge on any atom is -0.507 e. The first-order chi connectivity index (χ1) is 13.3. The van der Waals surface area contributed by atoms with Crippen molar-refractivity contribution in [2.45, 2.75) is 18.4 Å². The lowest BCUT2D eigenvalue weighted by atomic mass is 10.2. The number of halogens is 1. The zero-order valence-electron chi connectivity index (χ0n) is 14.7. The Labute approximate surface area is 169 Å². The zero-order valence-corrected chi connectivity index (χ0v) is 17.1. The molecular weight excluding hydrogens is 427 g/mol. The highest BCUT2D eigenvalue weighted by Crippen LogP contribution is 2.37. The quantitative estimate of drug-likeness (QED) is 0.557. The molecule has 148 valence electrons. The molecule has 2 heterocycles. The van der Waals surface area contributed by atoms with E-state index in [1.807, 2.05) is 6.92 Å². The number of benzene rings is 1. The van der Waals surface area contributed by atoms with Crippen molar-refractivity contribution in [3.8, 4) is 26.9 Å². The molecule has 12 heteroatoms. The van der Waals surface area contributed by atoms with Gasteiger partial charge in [-0.25, -0.2) is 28.5 Å². The lowest BCUT2D eigenvalue weighted by Gasteiger charge is -2.05. The second-order valence-electron chi connectivity index (χ2n) is 5.50. The second-order valence-corrected chi connectivity index (χ2v) is 8.48. The molecule has 1 atom stereocenters. The number of nitrogens with zero attached hydrogens (tertiary/aromatic N) is 2. The van der Waals surface area contributed by atoms with Crippen molar-refractivity contribution in [3.05, 3.63) is 34.0 Å². The Kier molecular flexibility index (Phi) is 6.03. The van der Waals surface area contributed by atoms with E-state index in [1.165, 1.54) is 29.8 Å². The Morgan fingerprint density at radius 1 is 1.43 bits per heavy atom. The summed E-state index contributed by atoms with van der Waals surface area (Å²) in [7, 11) is -0.722. The predicted molar refractivity (Wildman–Crippen MR) is 105 cm³/mol. The highest BCUT2D eigenvalue weighted by atomic mass is 32.2. The van der Waals surface area contributed by atoms with Crippen molar-refractivity contribution >= 4 is 39.8 Å². The normalized spacial score (nSPS) is 12.0. The topological polar surface area (TPSA) is 127 Å². The SMILES string of the molecule is COC(=O)NCc1nc(C)c(-c2csc(-c3cc(O)c(S(N)=O)cc3F)n2)s1. The number of aromatic hydroxyl groups is 1. The molecule has 0 bridgehead atoms. The Balaban J connectivity index is 1.89. The van der Waals surface area contributed by atoms with Gasteiger partial charge in [-0.2, -0.15) is 0 Å². The molecular formula is C16H15FN4O4S3. The summed E-state index contributed by atoms with van der Waals surface area (Å²) in [5.74, 6) is -1.05. The number of thiazole rings is 2. The lowest BCUT2D eigenvalue weighted by Crippen LogP contribution is -2.22. The first-order valence-electron chi connectivity index (χ1n) is 7.73. The molecule has 3 rings (SSSR count). The van der Waals surface area contributed by atoms with Gasteiger partial charge in [-0.3, -0.25) is 0 Å². The van der Waals surface area contributed by atoms with Crippen molar-refractivity contribution in [3.63, 3.8) is 0 Å². The van der Waals surface area contributed by atoms with Crippen LogP contribution in [-0.4, -0.2) is 32.5 Å². The number of aromatic nitrogens is 2. The molecule has 0 radical (unpaired) electrons. The third-order valence-corrected chi connectivity index (χ3v) is 6.46. The Morgan fingerprint density at radius 2 is 2.18 bits per heavy atom. The monoisotopic (exact) mass is 442 g/mol. The molecule has 3 aromatic rings. The molecule has 8 nitrogen and oxygen atoms in total. The molecule has 0 spiro atoms. The predicted octanol–water partition coefficient (Wildman–Crippen LogP) is 2.92. The van der Waals surface area contributed by atoms with Gasteiger partial charge in [0.15, 0.2) is 0 Å². The highest BCUT2D eigenvalue weighted by Gasteiger charge is 2.18.